The summed E-state index contributed by atoms with van der Waals surface area (Å²) in [5, 5.41) is 4.31. The lowest BCUT2D eigenvalue weighted by atomic mass is 9.95. The van der Waals surface area contributed by atoms with Gasteiger partial charge in [-0.25, -0.2) is 0 Å². The van der Waals surface area contributed by atoms with Crippen molar-refractivity contribution in [1.82, 2.24) is 4.90 Å². The molecule has 1 heterocycles. The van der Waals surface area contributed by atoms with Gasteiger partial charge >= 0.3 is 0 Å². The van der Waals surface area contributed by atoms with Crippen LogP contribution in [0.1, 0.15) is 29.5 Å². The third-order valence-corrected chi connectivity index (χ3v) is 5.82. The number of amides is 1. The smallest absolute Gasteiger partial charge is 0.227 e. The number of benzene rings is 2. The zero-order valence-corrected chi connectivity index (χ0v) is 16.7. The summed E-state index contributed by atoms with van der Waals surface area (Å²) in [4.78, 5) is 15.0. The fourth-order valence-electron chi connectivity index (χ4n) is 3.49. The van der Waals surface area contributed by atoms with Crippen LogP contribution in [0.15, 0.2) is 36.4 Å². The molecule has 0 aliphatic carbocycles. The summed E-state index contributed by atoms with van der Waals surface area (Å²) in [5.74, 6) is 0.204. The molecule has 0 bridgehead atoms. The molecule has 3 rings (SSSR count). The molecule has 1 fully saturated rings. The predicted octanol–water partition coefficient (Wildman–Crippen LogP) is 5.46. The number of carbonyl (C=O) groups excluding carboxylic acids is 1. The van der Waals surface area contributed by atoms with Crippen LogP contribution in [0, 0.1) is 19.8 Å². The number of nitrogens with zero attached hydrogens (tertiary/aromatic N) is 1. The molecule has 26 heavy (non-hydrogen) atoms. The molecule has 0 saturated carbocycles. The number of piperidine rings is 1. The van der Waals surface area contributed by atoms with Crippen LogP contribution in [-0.4, -0.2) is 23.9 Å². The van der Waals surface area contributed by atoms with Crippen LogP contribution in [0.5, 0.6) is 0 Å². The van der Waals surface area contributed by atoms with Crippen molar-refractivity contribution in [3.05, 3.63) is 63.1 Å². The van der Waals surface area contributed by atoms with Crippen LogP contribution in [0.4, 0.5) is 5.69 Å². The van der Waals surface area contributed by atoms with Crippen molar-refractivity contribution in [2.75, 3.05) is 18.4 Å². The van der Waals surface area contributed by atoms with E-state index >= 15 is 0 Å². The molecule has 0 atom stereocenters. The van der Waals surface area contributed by atoms with Crippen molar-refractivity contribution < 1.29 is 4.79 Å². The van der Waals surface area contributed by atoms with Gasteiger partial charge in [-0.3, -0.25) is 9.69 Å². The van der Waals surface area contributed by atoms with Gasteiger partial charge in [0.25, 0.3) is 0 Å². The van der Waals surface area contributed by atoms with Gasteiger partial charge in [0.05, 0.1) is 10.0 Å². The first-order chi connectivity index (χ1) is 12.4. The Hall–Kier alpha value is -1.55. The van der Waals surface area contributed by atoms with Gasteiger partial charge in [0.2, 0.25) is 5.91 Å². The molecule has 1 saturated heterocycles. The van der Waals surface area contributed by atoms with E-state index in [2.05, 4.69) is 10.2 Å². The Bertz CT molecular complexity index is 778. The van der Waals surface area contributed by atoms with E-state index in [0.717, 1.165) is 54.9 Å². The lowest BCUT2D eigenvalue weighted by Crippen LogP contribution is -2.37. The van der Waals surface area contributed by atoms with Crippen LogP contribution in [0.3, 0.4) is 0 Å². The molecular weight excluding hydrogens is 367 g/mol. The highest BCUT2D eigenvalue weighted by atomic mass is 35.5. The molecule has 1 N–H and O–H groups in total. The fraction of sp³-hybridized carbons (Fsp3) is 0.381. The Balaban J connectivity index is 1.54. The Morgan fingerprint density at radius 3 is 2.35 bits per heavy atom. The lowest BCUT2D eigenvalue weighted by molar-refractivity contribution is -0.121. The number of hydrogen-bond acceptors (Lipinski definition) is 2. The van der Waals surface area contributed by atoms with Crippen LogP contribution < -0.4 is 5.32 Å². The number of rotatable bonds is 4. The number of likely N-dealkylation sites (tertiary alicyclic amines) is 1. The van der Waals surface area contributed by atoms with Crippen molar-refractivity contribution in [3.8, 4) is 0 Å². The van der Waals surface area contributed by atoms with Crippen molar-refractivity contribution in [2.24, 2.45) is 5.92 Å². The molecule has 0 spiro atoms. The topological polar surface area (TPSA) is 32.3 Å². The number of anilines is 1. The second kappa shape index (κ2) is 8.43. The molecule has 0 unspecified atom stereocenters. The number of hydrogen-bond donors (Lipinski definition) is 1. The van der Waals surface area contributed by atoms with E-state index in [4.69, 9.17) is 23.2 Å². The van der Waals surface area contributed by atoms with Gasteiger partial charge in [-0.15, -0.1) is 0 Å². The minimum Gasteiger partial charge on any atom is -0.325 e. The zero-order chi connectivity index (χ0) is 18.7. The van der Waals surface area contributed by atoms with Gasteiger partial charge in [-0.1, -0.05) is 47.5 Å². The first-order valence-electron chi connectivity index (χ1n) is 8.97. The summed E-state index contributed by atoms with van der Waals surface area (Å²) in [7, 11) is 0. The summed E-state index contributed by atoms with van der Waals surface area (Å²) < 4.78 is 0. The van der Waals surface area contributed by atoms with Crippen molar-refractivity contribution in [1.29, 1.82) is 0 Å². The molecular formula is C21H24Cl2N2O. The van der Waals surface area contributed by atoms with Crippen molar-refractivity contribution >= 4 is 34.8 Å². The first kappa shape index (κ1) is 19.2. The van der Waals surface area contributed by atoms with E-state index in [1.807, 2.05) is 50.2 Å². The number of para-hydroxylation sites is 1. The Morgan fingerprint density at radius 2 is 1.73 bits per heavy atom. The van der Waals surface area contributed by atoms with Crippen molar-refractivity contribution in [3.63, 3.8) is 0 Å². The van der Waals surface area contributed by atoms with Gasteiger partial charge in [0.1, 0.15) is 0 Å². The lowest BCUT2D eigenvalue weighted by Gasteiger charge is -2.31. The minimum atomic E-state index is 0.0686. The van der Waals surface area contributed by atoms with Gasteiger partial charge < -0.3 is 5.32 Å². The number of nitrogens with one attached hydrogen (secondary N) is 1. The van der Waals surface area contributed by atoms with E-state index in [1.165, 1.54) is 0 Å². The van der Waals surface area contributed by atoms with Crippen LogP contribution >= 0.6 is 23.2 Å². The monoisotopic (exact) mass is 390 g/mol. The van der Waals surface area contributed by atoms with E-state index in [-0.39, 0.29) is 11.8 Å². The maximum absolute atomic E-state index is 12.7. The molecule has 1 aliphatic heterocycles. The standard InChI is InChI=1S/C21H24Cl2N2O/c1-14-4-3-5-15(2)20(14)24-21(26)17-8-10-25(11-9-17)13-16-6-7-18(22)19(23)12-16/h3-7,12,17H,8-11,13H2,1-2H3,(H,24,26). The quantitative estimate of drug-likeness (QED) is 0.751. The van der Waals surface area contributed by atoms with Gasteiger partial charge in [-0.05, 0) is 68.6 Å². The average Bonchev–Trinajstić information content (AvgIpc) is 2.62. The third kappa shape index (κ3) is 4.59. The summed E-state index contributed by atoms with van der Waals surface area (Å²) in [5.41, 5.74) is 4.32. The predicted molar refractivity (Wildman–Crippen MR) is 109 cm³/mol. The number of halogens is 2. The molecule has 0 aromatic heterocycles. The van der Waals surface area contributed by atoms with E-state index in [9.17, 15) is 4.79 Å². The molecule has 2 aromatic carbocycles. The normalized spacial score (nSPS) is 15.8. The van der Waals surface area contributed by atoms with Crippen molar-refractivity contribution in [2.45, 2.75) is 33.2 Å². The summed E-state index contributed by atoms with van der Waals surface area (Å²) in [6, 6.07) is 11.8. The number of carbonyl (C=O) groups is 1. The summed E-state index contributed by atoms with van der Waals surface area (Å²) >= 11 is 12.1. The molecule has 5 heteroatoms. The summed E-state index contributed by atoms with van der Waals surface area (Å²) in [6.45, 7) is 6.71. The van der Waals surface area contributed by atoms with Crippen LogP contribution in [0.2, 0.25) is 10.0 Å². The second-order valence-corrected chi connectivity index (χ2v) is 7.87. The maximum Gasteiger partial charge on any atom is 0.227 e. The maximum atomic E-state index is 12.7. The molecule has 1 aliphatic rings. The second-order valence-electron chi connectivity index (χ2n) is 7.05. The Kier molecular flexibility index (Phi) is 6.23. The molecule has 2 aromatic rings. The Labute approximate surface area is 165 Å². The number of aryl methyl sites for hydroxylation is 2. The van der Waals surface area contributed by atoms with E-state index < -0.39 is 0 Å². The van der Waals surface area contributed by atoms with Gasteiger partial charge in [0.15, 0.2) is 0 Å². The highest BCUT2D eigenvalue weighted by molar-refractivity contribution is 6.42. The molecule has 138 valence electrons. The highest BCUT2D eigenvalue weighted by Crippen LogP contribution is 2.26. The van der Waals surface area contributed by atoms with Gasteiger partial charge in [-0.2, -0.15) is 0 Å². The SMILES string of the molecule is Cc1cccc(C)c1NC(=O)C1CCN(Cc2ccc(Cl)c(Cl)c2)CC1. The minimum absolute atomic E-state index is 0.0686. The zero-order valence-electron chi connectivity index (χ0n) is 15.2. The fourth-order valence-corrected chi connectivity index (χ4v) is 3.81. The summed E-state index contributed by atoms with van der Waals surface area (Å²) in [6.07, 6.45) is 1.75. The van der Waals surface area contributed by atoms with E-state index in [1.54, 1.807) is 0 Å². The van der Waals surface area contributed by atoms with Crippen LogP contribution in [-0.2, 0) is 11.3 Å². The molecule has 1 amide bonds. The average molecular weight is 391 g/mol. The molecule has 3 nitrogen and oxygen atoms in total. The Morgan fingerprint density at radius 1 is 1.08 bits per heavy atom. The highest BCUT2D eigenvalue weighted by Gasteiger charge is 2.25. The first-order valence-corrected chi connectivity index (χ1v) is 9.73. The largest absolute Gasteiger partial charge is 0.325 e. The third-order valence-electron chi connectivity index (χ3n) is 5.08. The van der Waals surface area contributed by atoms with Crippen LogP contribution in [0.25, 0.3) is 0 Å². The van der Waals surface area contributed by atoms with Gasteiger partial charge in [0, 0.05) is 18.2 Å². The molecule has 0 radical (unpaired) electrons. The van der Waals surface area contributed by atoms with E-state index in [0.29, 0.717) is 10.0 Å².